The molecule has 1 aliphatic rings. The number of thiocarbonyl (C=S) groups is 1. The summed E-state index contributed by atoms with van der Waals surface area (Å²) in [5.74, 6) is 0.414. The van der Waals surface area contributed by atoms with Crippen molar-refractivity contribution in [2.45, 2.75) is 19.8 Å². The van der Waals surface area contributed by atoms with Gasteiger partial charge in [-0.05, 0) is 55.0 Å². The summed E-state index contributed by atoms with van der Waals surface area (Å²) in [7, 11) is -3.19. The normalized spacial score (nSPS) is 14.5. The fourth-order valence-electron chi connectivity index (χ4n) is 3.48. The zero-order valence-corrected chi connectivity index (χ0v) is 20.5. The van der Waals surface area contributed by atoms with E-state index in [0.29, 0.717) is 38.3 Å². The van der Waals surface area contributed by atoms with Crippen LogP contribution in [0.1, 0.15) is 30.1 Å². The number of carbonyl (C=O) groups excluding carboxylic acids is 1. The van der Waals surface area contributed by atoms with Crippen molar-refractivity contribution in [3.05, 3.63) is 54.1 Å². The fourth-order valence-corrected chi connectivity index (χ4v) is 4.51. The van der Waals surface area contributed by atoms with Crippen LogP contribution in [0.15, 0.2) is 48.5 Å². The smallest absolute Gasteiger partial charge is 0.257 e. The number of amides is 1. The van der Waals surface area contributed by atoms with E-state index in [1.165, 1.54) is 10.6 Å². The van der Waals surface area contributed by atoms with Crippen LogP contribution in [0.25, 0.3) is 0 Å². The highest BCUT2D eigenvalue weighted by Crippen LogP contribution is 2.27. The molecule has 1 aliphatic heterocycles. The molecule has 2 aromatic carbocycles. The van der Waals surface area contributed by atoms with Gasteiger partial charge in [-0.3, -0.25) is 10.1 Å². The number of ether oxygens (including phenoxy) is 1. The van der Waals surface area contributed by atoms with E-state index in [9.17, 15) is 13.2 Å². The van der Waals surface area contributed by atoms with Gasteiger partial charge in [-0.2, -0.15) is 4.31 Å². The summed E-state index contributed by atoms with van der Waals surface area (Å²) in [6.45, 7) is 4.73. The first-order valence-corrected chi connectivity index (χ1v) is 13.2. The lowest BCUT2D eigenvalue weighted by atomic mass is 10.2. The Morgan fingerprint density at radius 3 is 2.36 bits per heavy atom. The molecule has 10 heteroatoms. The first-order valence-electron chi connectivity index (χ1n) is 10.9. The van der Waals surface area contributed by atoms with Crippen molar-refractivity contribution in [3.8, 4) is 5.75 Å². The summed E-state index contributed by atoms with van der Waals surface area (Å²) < 4.78 is 30.6. The van der Waals surface area contributed by atoms with Gasteiger partial charge in [-0.15, -0.1) is 0 Å². The minimum atomic E-state index is -3.19. The van der Waals surface area contributed by atoms with Crippen molar-refractivity contribution in [2.24, 2.45) is 0 Å². The molecule has 0 bridgehead atoms. The zero-order valence-electron chi connectivity index (χ0n) is 18.9. The Labute approximate surface area is 201 Å². The van der Waals surface area contributed by atoms with Crippen LogP contribution in [0.5, 0.6) is 5.75 Å². The second-order valence-electron chi connectivity index (χ2n) is 7.80. The van der Waals surface area contributed by atoms with E-state index in [2.05, 4.69) is 22.5 Å². The number of anilines is 2. The van der Waals surface area contributed by atoms with Crippen molar-refractivity contribution in [1.82, 2.24) is 9.62 Å². The number of unbranched alkanes of at least 4 members (excludes halogenated alkanes) is 1. The number of nitrogens with one attached hydrogen (secondary N) is 2. The number of sulfonamides is 1. The second kappa shape index (κ2) is 11.4. The molecular weight excluding hydrogens is 460 g/mol. The number of nitrogens with zero attached hydrogens (tertiary/aromatic N) is 2. The average molecular weight is 491 g/mol. The molecule has 0 aliphatic carbocycles. The van der Waals surface area contributed by atoms with Crippen LogP contribution in [0.2, 0.25) is 0 Å². The number of rotatable bonds is 8. The number of para-hydroxylation sites is 2. The van der Waals surface area contributed by atoms with Gasteiger partial charge >= 0.3 is 0 Å². The molecule has 2 aromatic rings. The third-order valence-corrected chi connectivity index (χ3v) is 6.82. The van der Waals surface area contributed by atoms with Crippen LogP contribution in [0.4, 0.5) is 11.4 Å². The highest BCUT2D eigenvalue weighted by Gasteiger charge is 2.24. The predicted octanol–water partition coefficient (Wildman–Crippen LogP) is 3.07. The van der Waals surface area contributed by atoms with Gasteiger partial charge in [-0.1, -0.05) is 25.5 Å². The van der Waals surface area contributed by atoms with Gasteiger partial charge in [0.05, 0.1) is 24.2 Å². The largest absolute Gasteiger partial charge is 0.494 e. The van der Waals surface area contributed by atoms with E-state index >= 15 is 0 Å². The molecule has 8 nitrogen and oxygen atoms in total. The summed E-state index contributed by atoms with van der Waals surface area (Å²) in [4.78, 5) is 14.7. The lowest BCUT2D eigenvalue weighted by Gasteiger charge is -2.35. The quantitative estimate of drug-likeness (QED) is 0.434. The highest BCUT2D eigenvalue weighted by atomic mass is 32.2. The van der Waals surface area contributed by atoms with Crippen molar-refractivity contribution >= 4 is 44.6 Å². The van der Waals surface area contributed by atoms with Crippen molar-refractivity contribution in [1.29, 1.82) is 0 Å². The first-order chi connectivity index (χ1) is 15.8. The first kappa shape index (κ1) is 24.9. The Morgan fingerprint density at radius 1 is 1.06 bits per heavy atom. The zero-order chi connectivity index (χ0) is 23.8. The summed E-state index contributed by atoms with van der Waals surface area (Å²) in [5.41, 5.74) is 2.12. The molecular formula is C23H30N4O4S2. The van der Waals surface area contributed by atoms with Gasteiger partial charge in [0.2, 0.25) is 10.0 Å². The third kappa shape index (κ3) is 7.15. The van der Waals surface area contributed by atoms with Crippen LogP contribution in [-0.2, 0) is 10.0 Å². The summed E-state index contributed by atoms with van der Waals surface area (Å²) in [6, 6.07) is 14.6. The number of piperazine rings is 1. The predicted molar refractivity (Wildman–Crippen MR) is 136 cm³/mol. The van der Waals surface area contributed by atoms with Gasteiger partial charge < -0.3 is 15.0 Å². The van der Waals surface area contributed by atoms with Gasteiger partial charge in [0.15, 0.2) is 5.11 Å². The van der Waals surface area contributed by atoms with Crippen molar-refractivity contribution in [3.63, 3.8) is 0 Å². The monoisotopic (exact) mass is 490 g/mol. The van der Waals surface area contributed by atoms with E-state index < -0.39 is 10.0 Å². The maximum absolute atomic E-state index is 12.6. The SMILES string of the molecule is CCCCOc1ccc(C(=O)NC(=S)Nc2ccccc2N2CCN(S(C)(=O)=O)CC2)cc1. The topological polar surface area (TPSA) is 91.0 Å². The lowest BCUT2D eigenvalue weighted by molar-refractivity contribution is 0.0977. The Hall–Kier alpha value is -2.69. The molecule has 3 rings (SSSR count). The van der Waals surface area contributed by atoms with Crippen LogP contribution in [0, 0.1) is 0 Å². The van der Waals surface area contributed by atoms with Crippen LogP contribution in [-0.4, -0.2) is 62.8 Å². The molecule has 1 fully saturated rings. The van der Waals surface area contributed by atoms with Gasteiger partial charge in [0.1, 0.15) is 5.75 Å². The molecule has 178 valence electrons. The molecule has 1 heterocycles. The van der Waals surface area contributed by atoms with Gasteiger partial charge in [-0.25, -0.2) is 8.42 Å². The number of hydrogen-bond acceptors (Lipinski definition) is 6. The summed E-state index contributed by atoms with van der Waals surface area (Å²) in [6.07, 6.45) is 3.27. The third-order valence-electron chi connectivity index (χ3n) is 5.31. The van der Waals surface area contributed by atoms with Crippen molar-refractivity contribution < 1.29 is 17.9 Å². The number of carbonyl (C=O) groups is 1. The number of benzene rings is 2. The van der Waals surface area contributed by atoms with E-state index in [1.807, 2.05) is 24.3 Å². The standard InChI is InChI=1S/C23H30N4O4S2/c1-3-4-17-31-19-11-9-18(10-12-19)22(28)25-23(32)24-20-7-5-6-8-21(20)26-13-15-27(16-14-26)33(2,29)30/h5-12H,3-4,13-17H2,1-2H3,(H2,24,25,28,32). The molecule has 0 unspecified atom stereocenters. The minimum Gasteiger partial charge on any atom is -0.494 e. The molecule has 1 amide bonds. The maximum atomic E-state index is 12.6. The Morgan fingerprint density at radius 2 is 1.73 bits per heavy atom. The second-order valence-corrected chi connectivity index (χ2v) is 10.2. The molecule has 0 radical (unpaired) electrons. The Kier molecular flexibility index (Phi) is 8.65. The van der Waals surface area contributed by atoms with E-state index in [0.717, 1.165) is 30.0 Å². The van der Waals surface area contributed by atoms with Crippen LogP contribution < -0.4 is 20.3 Å². The number of hydrogen-bond donors (Lipinski definition) is 2. The molecule has 0 atom stereocenters. The van der Waals surface area contributed by atoms with Crippen molar-refractivity contribution in [2.75, 3.05) is 49.3 Å². The fraction of sp³-hybridized carbons (Fsp3) is 0.391. The molecule has 33 heavy (non-hydrogen) atoms. The molecule has 1 saturated heterocycles. The summed E-state index contributed by atoms with van der Waals surface area (Å²) >= 11 is 5.36. The van der Waals surface area contributed by atoms with Gasteiger partial charge in [0.25, 0.3) is 5.91 Å². The minimum absolute atomic E-state index is 0.186. The van der Waals surface area contributed by atoms with Crippen LogP contribution in [0.3, 0.4) is 0 Å². The van der Waals surface area contributed by atoms with Gasteiger partial charge in [0, 0.05) is 31.7 Å². The molecule has 0 saturated carbocycles. The Bertz CT molecular complexity index is 1070. The van der Waals surface area contributed by atoms with Crippen LogP contribution >= 0.6 is 12.2 Å². The Balaban J connectivity index is 1.58. The van der Waals surface area contributed by atoms with E-state index in [1.54, 1.807) is 24.3 Å². The maximum Gasteiger partial charge on any atom is 0.257 e. The van der Waals surface area contributed by atoms with E-state index in [-0.39, 0.29) is 11.0 Å². The lowest BCUT2D eigenvalue weighted by Crippen LogP contribution is -2.48. The summed E-state index contributed by atoms with van der Waals surface area (Å²) in [5, 5.41) is 5.99. The molecule has 0 aromatic heterocycles. The van der Waals surface area contributed by atoms with E-state index in [4.69, 9.17) is 17.0 Å². The average Bonchev–Trinajstić information content (AvgIpc) is 2.79. The molecule has 0 spiro atoms. The molecule has 2 N–H and O–H groups in total. The highest BCUT2D eigenvalue weighted by molar-refractivity contribution is 7.88.